The first-order valence-corrected chi connectivity index (χ1v) is 10.1. The van der Waals surface area contributed by atoms with Crippen LogP contribution in [0.25, 0.3) is 10.8 Å². The summed E-state index contributed by atoms with van der Waals surface area (Å²) in [5, 5.41) is 5.39. The van der Waals surface area contributed by atoms with Crippen LogP contribution < -0.4 is 14.8 Å². The summed E-state index contributed by atoms with van der Waals surface area (Å²) in [6, 6.07) is 21.7. The Balaban J connectivity index is 1.69. The Morgan fingerprint density at radius 1 is 0.897 bits per heavy atom. The van der Waals surface area contributed by atoms with E-state index in [2.05, 4.69) is 25.2 Å². The molecule has 0 bridgehead atoms. The molecule has 1 amide bonds. The van der Waals surface area contributed by atoms with E-state index in [-0.39, 0.29) is 11.9 Å². The number of ether oxygens (including phenoxy) is 2. The van der Waals surface area contributed by atoms with Crippen molar-refractivity contribution < 1.29 is 14.3 Å². The van der Waals surface area contributed by atoms with Crippen molar-refractivity contribution in [3.63, 3.8) is 0 Å². The van der Waals surface area contributed by atoms with Crippen LogP contribution in [0.2, 0.25) is 0 Å². The lowest BCUT2D eigenvalue weighted by Crippen LogP contribution is -2.39. The van der Waals surface area contributed by atoms with Gasteiger partial charge in [-0.25, -0.2) is 0 Å². The maximum Gasteiger partial charge on any atom is 0.261 e. The summed E-state index contributed by atoms with van der Waals surface area (Å²) >= 11 is 0. The molecule has 2 atom stereocenters. The second-order valence-corrected chi connectivity index (χ2v) is 7.73. The largest absolute Gasteiger partial charge is 0.497 e. The number of amides is 1. The van der Waals surface area contributed by atoms with Gasteiger partial charge in [-0.15, -0.1) is 0 Å². The molecule has 0 fully saturated rings. The van der Waals surface area contributed by atoms with Crippen molar-refractivity contribution in [2.24, 2.45) is 5.92 Å². The topological polar surface area (TPSA) is 47.6 Å². The number of benzene rings is 3. The first kappa shape index (κ1) is 20.7. The SMILES string of the molecule is COc1ccc([C@H](CC(C)C)NC(=O)[C@@H](C)Oc2ccc3ccccc3c2)cc1. The quantitative estimate of drug-likeness (QED) is 0.550. The second kappa shape index (κ2) is 9.46. The van der Waals surface area contributed by atoms with Crippen LogP contribution >= 0.6 is 0 Å². The number of carbonyl (C=O) groups excluding carboxylic acids is 1. The molecule has 3 aromatic carbocycles. The van der Waals surface area contributed by atoms with Gasteiger partial charge < -0.3 is 14.8 Å². The zero-order chi connectivity index (χ0) is 20.8. The molecule has 29 heavy (non-hydrogen) atoms. The number of hydrogen-bond acceptors (Lipinski definition) is 3. The third-order valence-electron chi connectivity index (χ3n) is 4.94. The second-order valence-electron chi connectivity index (χ2n) is 7.73. The minimum Gasteiger partial charge on any atom is -0.497 e. The smallest absolute Gasteiger partial charge is 0.261 e. The average Bonchev–Trinajstić information content (AvgIpc) is 2.73. The highest BCUT2D eigenvalue weighted by Gasteiger charge is 2.21. The van der Waals surface area contributed by atoms with Crippen molar-refractivity contribution in [3.05, 3.63) is 72.3 Å². The third-order valence-corrected chi connectivity index (χ3v) is 4.94. The number of fused-ring (bicyclic) bond motifs is 1. The van der Waals surface area contributed by atoms with Crippen LogP contribution in [0.5, 0.6) is 11.5 Å². The Hall–Kier alpha value is -3.01. The van der Waals surface area contributed by atoms with Gasteiger partial charge in [0.2, 0.25) is 0 Å². The lowest BCUT2D eigenvalue weighted by Gasteiger charge is -2.24. The van der Waals surface area contributed by atoms with Gasteiger partial charge in [0.1, 0.15) is 11.5 Å². The standard InChI is InChI=1S/C25H29NO3/c1-17(2)15-24(20-10-12-22(28-4)13-11-20)26-25(27)18(3)29-23-14-9-19-7-5-6-8-21(19)16-23/h5-14,16-18,24H,15H2,1-4H3,(H,26,27)/t18-,24+/m1/s1. The molecule has 0 unspecified atom stereocenters. The van der Waals surface area contributed by atoms with Crippen LogP contribution in [-0.4, -0.2) is 19.1 Å². The van der Waals surface area contributed by atoms with Crippen molar-refractivity contribution in [2.45, 2.75) is 39.3 Å². The Morgan fingerprint density at radius 3 is 2.21 bits per heavy atom. The zero-order valence-corrected chi connectivity index (χ0v) is 17.5. The highest BCUT2D eigenvalue weighted by molar-refractivity contribution is 5.84. The van der Waals surface area contributed by atoms with Crippen LogP contribution in [-0.2, 0) is 4.79 Å². The van der Waals surface area contributed by atoms with Crippen LogP contribution in [0.4, 0.5) is 0 Å². The fourth-order valence-electron chi connectivity index (χ4n) is 3.37. The summed E-state index contributed by atoms with van der Waals surface area (Å²) in [5.74, 6) is 1.81. The number of methoxy groups -OCH3 is 1. The van der Waals surface area contributed by atoms with E-state index in [4.69, 9.17) is 9.47 Å². The summed E-state index contributed by atoms with van der Waals surface area (Å²) in [5.41, 5.74) is 1.06. The van der Waals surface area contributed by atoms with Gasteiger partial charge in [0.25, 0.3) is 5.91 Å². The predicted molar refractivity (Wildman–Crippen MR) is 117 cm³/mol. The molecule has 0 aliphatic heterocycles. The molecule has 4 heteroatoms. The normalized spacial score (nSPS) is 13.1. The van der Waals surface area contributed by atoms with Crippen molar-refractivity contribution >= 4 is 16.7 Å². The summed E-state index contributed by atoms with van der Waals surface area (Å²) in [7, 11) is 1.65. The fourth-order valence-corrected chi connectivity index (χ4v) is 3.37. The molecule has 0 spiro atoms. The van der Waals surface area contributed by atoms with Crippen LogP contribution in [0.15, 0.2) is 66.7 Å². The average molecular weight is 392 g/mol. The van der Waals surface area contributed by atoms with Gasteiger partial charge in [-0.2, -0.15) is 0 Å². The Bertz CT molecular complexity index is 950. The molecule has 0 radical (unpaired) electrons. The van der Waals surface area contributed by atoms with Crippen LogP contribution in [0.1, 0.15) is 38.8 Å². The number of carbonyl (C=O) groups is 1. The third kappa shape index (κ3) is 5.50. The molecular formula is C25H29NO3. The molecule has 152 valence electrons. The summed E-state index contributed by atoms with van der Waals surface area (Å²) in [4.78, 5) is 12.8. The maximum atomic E-state index is 12.8. The highest BCUT2D eigenvalue weighted by Crippen LogP contribution is 2.25. The van der Waals surface area contributed by atoms with E-state index in [0.717, 1.165) is 28.5 Å². The minimum atomic E-state index is -0.593. The fraction of sp³-hybridized carbons (Fsp3) is 0.320. The molecule has 0 saturated carbocycles. The van der Waals surface area contributed by atoms with Crippen LogP contribution in [0, 0.1) is 5.92 Å². The van der Waals surface area contributed by atoms with E-state index >= 15 is 0 Å². The van der Waals surface area contributed by atoms with Gasteiger partial charge in [0, 0.05) is 0 Å². The zero-order valence-electron chi connectivity index (χ0n) is 17.5. The van der Waals surface area contributed by atoms with E-state index in [1.807, 2.05) is 60.7 Å². The van der Waals surface area contributed by atoms with E-state index in [1.165, 1.54) is 0 Å². The van der Waals surface area contributed by atoms with E-state index in [9.17, 15) is 4.79 Å². The lowest BCUT2D eigenvalue weighted by atomic mass is 9.96. The number of nitrogens with one attached hydrogen (secondary N) is 1. The van der Waals surface area contributed by atoms with Crippen LogP contribution in [0.3, 0.4) is 0 Å². The first-order chi connectivity index (χ1) is 14.0. The molecule has 0 aliphatic carbocycles. The lowest BCUT2D eigenvalue weighted by molar-refractivity contribution is -0.128. The van der Waals surface area contributed by atoms with Gasteiger partial charge in [-0.1, -0.05) is 56.3 Å². The molecule has 1 N–H and O–H groups in total. The van der Waals surface area contributed by atoms with Gasteiger partial charge in [0.05, 0.1) is 13.2 Å². The molecule has 3 rings (SSSR count). The van der Waals surface area contributed by atoms with E-state index in [0.29, 0.717) is 11.7 Å². The maximum absolute atomic E-state index is 12.8. The molecule has 3 aromatic rings. The van der Waals surface area contributed by atoms with Crippen molar-refractivity contribution in [2.75, 3.05) is 7.11 Å². The van der Waals surface area contributed by atoms with E-state index in [1.54, 1.807) is 14.0 Å². The van der Waals surface area contributed by atoms with E-state index < -0.39 is 6.10 Å². The summed E-state index contributed by atoms with van der Waals surface area (Å²) in [6.07, 6.45) is 0.255. The molecule has 0 aromatic heterocycles. The van der Waals surface area contributed by atoms with Gasteiger partial charge >= 0.3 is 0 Å². The van der Waals surface area contributed by atoms with Gasteiger partial charge in [-0.05, 0) is 59.9 Å². The minimum absolute atomic E-state index is 0.0731. The number of rotatable bonds is 8. The highest BCUT2D eigenvalue weighted by atomic mass is 16.5. The molecule has 0 aliphatic rings. The molecule has 0 saturated heterocycles. The predicted octanol–water partition coefficient (Wildman–Crippen LogP) is 5.52. The van der Waals surface area contributed by atoms with Gasteiger partial charge in [-0.3, -0.25) is 4.79 Å². The van der Waals surface area contributed by atoms with Crippen molar-refractivity contribution in [1.29, 1.82) is 0 Å². The van der Waals surface area contributed by atoms with Gasteiger partial charge in [0.15, 0.2) is 6.10 Å². The molecule has 0 heterocycles. The first-order valence-electron chi connectivity index (χ1n) is 10.1. The Morgan fingerprint density at radius 2 is 1.55 bits per heavy atom. The Labute approximate surface area is 172 Å². The molecular weight excluding hydrogens is 362 g/mol. The van der Waals surface area contributed by atoms with Crippen molar-refractivity contribution in [3.8, 4) is 11.5 Å². The summed E-state index contributed by atoms with van der Waals surface area (Å²) < 4.78 is 11.2. The Kier molecular flexibility index (Phi) is 6.76. The molecule has 4 nitrogen and oxygen atoms in total. The monoisotopic (exact) mass is 391 g/mol. The summed E-state index contributed by atoms with van der Waals surface area (Å²) in [6.45, 7) is 6.08. The number of hydrogen-bond donors (Lipinski definition) is 1. The van der Waals surface area contributed by atoms with Crippen molar-refractivity contribution in [1.82, 2.24) is 5.32 Å².